The van der Waals surface area contributed by atoms with Gasteiger partial charge in [0.05, 0.1) is 0 Å². The number of amides is 1. The minimum atomic E-state index is -0.489. The summed E-state index contributed by atoms with van der Waals surface area (Å²) in [6.45, 7) is 13.2. The smallest absolute Gasteiger partial charge is 0.408 e. The lowest BCUT2D eigenvalue weighted by Crippen LogP contribution is -2.53. The van der Waals surface area contributed by atoms with Crippen LogP contribution in [0.25, 0.3) is 0 Å². The molecule has 24 heavy (non-hydrogen) atoms. The summed E-state index contributed by atoms with van der Waals surface area (Å²) in [5.74, 6) is 0.651. The fourth-order valence-electron chi connectivity index (χ4n) is 3.30. The van der Waals surface area contributed by atoms with Crippen LogP contribution in [0.15, 0.2) is 0 Å². The number of rotatable bonds is 7. The third-order valence-corrected chi connectivity index (χ3v) is 4.43. The normalized spacial score (nSPS) is 19.1. The average molecular weight is 344 g/mol. The van der Waals surface area contributed by atoms with Gasteiger partial charge in [-0.05, 0) is 72.9 Å². The van der Waals surface area contributed by atoms with Crippen LogP contribution in [-0.4, -0.2) is 61.5 Å². The first-order valence-corrected chi connectivity index (χ1v) is 9.00. The zero-order chi connectivity index (χ0) is 18.4. The molecule has 0 aliphatic carbocycles. The Morgan fingerprint density at radius 3 is 2.29 bits per heavy atom. The second-order valence-electron chi connectivity index (χ2n) is 8.54. The SMILES string of the molecule is COCC1CCN(C(CN)CC(C)(C)NC(=O)OC(C)(C)C)CC1. The van der Waals surface area contributed by atoms with Crippen LogP contribution in [0.5, 0.6) is 0 Å². The van der Waals surface area contributed by atoms with Crippen LogP contribution in [0.3, 0.4) is 0 Å². The Labute approximate surface area is 147 Å². The van der Waals surface area contributed by atoms with E-state index in [-0.39, 0.29) is 17.7 Å². The van der Waals surface area contributed by atoms with Crippen LogP contribution >= 0.6 is 0 Å². The highest BCUT2D eigenvalue weighted by molar-refractivity contribution is 5.68. The van der Waals surface area contributed by atoms with Gasteiger partial charge >= 0.3 is 6.09 Å². The molecule has 1 unspecified atom stereocenters. The molecule has 0 saturated carbocycles. The molecule has 1 aliphatic heterocycles. The number of nitrogens with two attached hydrogens (primary N) is 1. The van der Waals surface area contributed by atoms with Crippen molar-refractivity contribution in [1.82, 2.24) is 10.2 Å². The average Bonchev–Trinajstić information content (AvgIpc) is 2.43. The summed E-state index contributed by atoms with van der Waals surface area (Å²) in [6.07, 6.45) is 2.72. The molecule has 6 heteroatoms. The third-order valence-electron chi connectivity index (χ3n) is 4.43. The number of piperidine rings is 1. The summed E-state index contributed by atoms with van der Waals surface area (Å²) in [7, 11) is 1.76. The van der Waals surface area contributed by atoms with E-state index < -0.39 is 5.60 Å². The topological polar surface area (TPSA) is 76.8 Å². The van der Waals surface area contributed by atoms with Crippen molar-refractivity contribution in [2.75, 3.05) is 33.4 Å². The molecule has 3 N–H and O–H groups in total. The lowest BCUT2D eigenvalue weighted by molar-refractivity contribution is 0.0421. The fourth-order valence-corrected chi connectivity index (χ4v) is 3.30. The van der Waals surface area contributed by atoms with Gasteiger partial charge in [-0.2, -0.15) is 0 Å². The molecule has 0 aromatic rings. The number of methoxy groups -OCH3 is 1. The van der Waals surface area contributed by atoms with Gasteiger partial charge in [0.25, 0.3) is 0 Å². The zero-order valence-electron chi connectivity index (χ0n) is 16.4. The highest BCUT2D eigenvalue weighted by atomic mass is 16.6. The Balaban J connectivity index is 2.52. The predicted octanol–water partition coefficient (Wildman–Crippen LogP) is 2.37. The molecular weight excluding hydrogens is 306 g/mol. The van der Waals surface area contributed by atoms with Crippen LogP contribution in [0.4, 0.5) is 4.79 Å². The predicted molar refractivity (Wildman–Crippen MR) is 97.1 cm³/mol. The van der Waals surface area contributed by atoms with Gasteiger partial charge in [0.2, 0.25) is 0 Å². The minimum absolute atomic E-state index is 0.262. The van der Waals surface area contributed by atoms with E-state index in [4.69, 9.17) is 15.2 Å². The van der Waals surface area contributed by atoms with E-state index in [1.807, 2.05) is 34.6 Å². The summed E-state index contributed by atoms with van der Waals surface area (Å²) in [5, 5.41) is 2.98. The van der Waals surface area contributed by atoms with Gasteiger partial charge in [-0.3, -0.25) is 4.90 Å². The van der Waals surface area contributed by atoms with Crippen LogP contribution < -0.4 is 11.1 Å². The maximum absolute atomic E-state index is 12.0. The number of nitrogens with one attached hydrogen (secondary N) is 1. The van der Waals surface area contributed by atoms with Crippen molar-refractivity contribution < 1.29 is 14.3 Å². The number of alkyl carbamates (subject to hydrolysis) is 1. The van der Waals surface area contributed by atoms with Gasteiger partial charge in [-0.1, -0.05) is 0 Å². The van der Waals surface area contributed by atoms with E-state index in [1.54, 1.807) is 7.11 Å². The van der Waals surface area contributed by atoms with E-state index in [2.05, 4.69) is 10.2 Å². The molecule has 1 amide bonds. The number of nitrogens with zero attached hydrogens (tertiary/aromatic N) is 1. The largest absolute Gasteiger partial charge is 0.444 e. The van der Waals surface area contributed by atoms with Gasteiger partial charge in [0, 0.05) is 31.8 Å². The molecule has 1 fully saturated rings. The minimum Gasteiger partial charge on any atom is -0.444 e. The van der Waals surface area contributed by atoms with Gasteiger partial charge in [0.15, 0.2) is 0 Å². The Kier molecular flexibility index (Phi) is 7.96. The van der Waals surface area contributed by atoms with Crippen LogP contribution in [0, 0.1) is 5.92 Å². The summed E-state index contributed by atoms with van der Waals surface area (Å²) >= 11 is 0. The summed E-state index contributed by atoms with van der Waals surface area (Å²) in [6, 6.07) is 0.262. The first-order valence-electron chi connectivity index (χ1n) is 9.00. The number of carbonyl (C=O) groups is 1. The second kappa shape index (κ2) is 9.02. The van der Waals surface area contributed by atoms with Gasteiger partial charge < -0.3 is 20.5 Å². The van der Waals surface area contributed by atoms with E-state index >= 15 is 0 Å². The fraction of sp³-hybridized carbons (Fsp3) is 0.944. The van der Waals surface area contributed by atoms with Crippen molar-refractivity contribution in [1.29, 1.82) is 0 Å². The molecule has 0 bridgehead atoms. The van der Waals surface area contributed by atoms with E-state index in [0.717, 1.165) is 39.0 Å². The summed E-state index contributed by atoms with van der Waals surface area (Å²) in [4.78, 5) is 14.5. The van der Waals surface area contributed by atoms with E-state index in [0.29, 0.717) is 12.5 Å². The number of hydrogen-bond donors (Lipinski definition) is 2. The molecule has 6 nitrogen and oxygen atoms in total. The Hall–Kier alpha value is -0.850. The Morgan fingerprint density at radius 2 is 1.83 bits per heavy atom. The molecule has 0 aromatic heterocycles. The number of carbonyl (C=O) groups excluding carboxylic acids is 1. The molecule has 0 aromatic carbocycles. The van der Waals surface area contributed by atoms with Gasteiger partial charge in [-0.15, -0.1) is 0 Å². The highest BCUT2D eigenvalue weighted by Gasteiger charge is 2.31. The first-order chi connectivity index (χ1) is 11.1. The molecule has 1 heterocycles. The maximum atomic E-state index is 12.0. The monoisotopic (exact) mass is 343 g/mol. The van der Waals surface area contributed by atoms with Gasteiger partial charge in [0.1, 0.15) is 5.60 Å². The number of hydrogen-bond acceptors (Lipinski definition) is 5. The quantitative estimate of drug-likeness (QED) is 0.742. The Bertz CT molecular complexity index is 385. The molecule has 1 rings (SSSR count). The van der Waals surface area contributed by atoms with E-state index in [9.17, 15) is 4.79 Å². The lowest BCUT2D eigenvalue weighted by Gasteiger charge is -2.40. The van der Waals surface area contributed by atoms with Crippen LogP contribution in [0.2, 0.25) is 0 Å². The number of likely N-dealkylation sites (tertiary alicyclic amines) is 1. The van der Waals surface area contributed by atoms with Crippen molar-refractivity contribution in [2.24, 2.45) is 11.7 Å². The zero-order valence-corrected chi connectivity index (χ0v) is 16.4. The maximum Gasteiger partial charge on any atom is 0.408 e. The third kappa shape index (κ3) is 7.81. The van der Waals surface area contributed by atoms with Crippen molar-refractivity contribution >= 4 is 6.09 Å². The molecular formula is C18H37N3O3. The van der Waals surface area contributed by atoms with Crippen LogP contribution in [-0.2, 0) is 9.47 Å². The standard InChI is InChI=1S/C18H37N3O3/c1-17(2,3)24-16(22)20-18(4,5)11-15(12-19)21-9-7-14(8-10-21)13-23-6/h14-15H,7-13,19H2,1-6H3,(H,20,22). The first kappa shape index (κ1) is 21.2. The van der Waals surface area contributed by atoms with Crippen LogP contribution in [0.1, 0.15) is 53.9 Å². The number of ether oxygens (including phenoxy) is 2. The molecule has 1 saturated heterocycles. The molecule has 0 spiro atoms. The van der Waals surface area contributed by atoms with Crippen molar-refractivity contribution in [3.63, 3.8) is 0 Å². The molecule has 142 valence electrons. The van der Waals surface area contributed by atoms with Crippen molar-refractivity contribution in [3.8, 4) is 0 Å². The summed E-state index contributed by atoms with van der Waals surface area (Å²) in [5.41, 5.74) is 5.17. The second-order valence-corrected chi connectivity index (χ2v) is 8.54. The van der Waals surface area contributed by atoms with Crippen molar-refractivity contribution in [2.45, 2.75) is 71.1 Å². The summed E-state index contributed by atoms with van der Waals surface area (Å²) < 4.78 is 10.6. The molecule has 1 aliphatic rings. The molecule has 0 radical (unpaired) electrons. The molecule has 1 atom stereocenters. The van der Waals surface area contributed by atoms with Gasteiger partial charge in [-0.25, -0.2) is 4.79 Å². The highest BCUT2D eigenvalue weighted by Crippen LogP contribution is 2.23. The van der Waals surface area contributed by atoms with E-state index in [1.165, 1.54) is 0 Å². The lowest BCUT2D eigenvalue weighted by atomic mass is 9.91. The Morgan fingerprint density at radius 1 is 1.25 bits per heavy atom. The van der Waals surface area contributed by atoms with Crippen molar-refractivity contribution in [3.05, 3.63) is 0 Å².